The first-order valence-corrected chi connectivity index (χ1v) is 9.12. The number of anilines is 2. The molecule has 0 aliphatic carbocycles. The normalized spacial score (nSPS) is 10.3. The van der Waals surface area contributed by atoms with Crippen LogP contribution in [-0.4, -0.2) is 15.1 Å². The number of aromatic hydroxyl groups is 1. The Kier molecular flexibility index (Phi) is 4.91. The Hall–Kier alpha value is -4.17. The lowest BCUT2D eigenvalue weighted by atomic mass is 10.1. The molecule has 0 aliphatic rings. The minimum absolute atomic E-state index is 0.0252. The average molecular weight is 378 g/mol. The fourth-order valence-electron chi connectivity index (χ4n) is 2.93. The van der Waals surface area contributed by atoms with E-state index in [1.54, 1.807) is 24.3 Å². The first-order chi connectivity index (χ1) is 14.1. The highest BCUT2D eigenvalue weighted by Crippen LogP contribution is 2.36. The highest BCUT2D eigenvalue weighted by molar-refractivity contribution is 5.78. The van der Waals surface area contributed by atoms with E-state index in [9.17, 15) is 5.11 Å². The van der Waals surface area contributed by atoms with Gasteiger partial charge in [-0.2, -0.15) is 0 Å². The Balaban J connectivity index is 1.83. The molecule has 140 valence electrons. The highest BCUT2D eigenvalue weighted by Gasteiger charge is 2.16. The minimum Gasteiger partial charge on any atom is -0.503 e. The van der Waals surface area contributed by atoms with Crippen LogP contribution >= 0.6 is 0 Å². The van der Waals surface area contributed by atoms with Crippen molar-refractivity contribution in [1.29, 1.82) is 0 Å². The van der Waals surface area contributed by atoms with Gasteiger partial charge < -0.3 is 10.4 Å². The summed E-state index contributed by atoms with van der Waals surface area (Å²) in [5, 5.41) is 14.1. The number of hydrogen-bond acceptors (Lipinski definition) is 4. The number of benzene rings is 3. The van der Waals surface area contributed by atoms with Crippen LogP contribution in [0.3, 0.4) is 0 Å². The SMILES string of the molecule is [C-]#[N+]c1ccc(Nc2nc(-c3ccccc3)nc(-c3ccc(C)cc3)c2O)cc1. The first kappa shape index (κ1) is 18.2. The molecule has 4 rings (SSSR count). The van der Waals surface area contributed by atoms with Crippen LogP contribution in [0.5, 0.6) is 5.75 Å². The molecule has 29 heavy (non-hydrogen) atoms. The average Bonchev–Trinajstić information content (AvgIpc) is 2.77. The van der Waals surface area contributed by atoms with Crippen molar-refractivity contribution in [3.63, 3.8) is 0 Å². The van der Waals surface area contributed by atoms with Crippen LogP contribution in [0, 0.1) is 13.5 Å². The van der Waals surface area contributed by atoms with Crippen LogP contribution in [0.4, 0.5) is 17.2 Å². The van der Waals surface area contributed by atoms with Gasteiger partial charge in [0.15, 0.2) is 23.1 Å². The lowest BCUT2D eigenvalue weighted by molar-refractivity contribution is 0.475. The first-order valence-electron chi connectivity index (χ1n) is 9.12. The molecule has 0 bridgehead atoms. The van der Waals surface area contributed by atoms with E-state index >= 15 is 0 Å². The van der Waals surface area contributed by atoms with Crippen molar-refractivity contribution in [2.75, 3.05) is 5.32 Å². The van der Waals surface area contributed by atoms with Gasteiger partial charge in [0.2, 0.25) is 0 Å². The molecule has 0 unspecified atom stereocenters. The van der Waals surface area contributed by atoms with Crippen molar-refractivity contribution in [3.05, 3.63) is 95.8 Å². The molecule has 0 saturated carbocycles. The number of hydrogen-bond donors (Lipinski definition) is 2. The number of nitrogens with zero attached hydrogens (tertiary/aromatic N) is 3. The van der Waals surface area contributed by atoms with Gasteiger partial charge in [0.25, 0.3) is 0 Å². The molecule has 0 atom stereocenters. The van der Waals surface area contributed by atoms with Gasteiger partial charge in [0.05, 0.1) is 6.57 Å². The van der Waals surface area contributed by atoms with E-state index in [-0.39, 0.29) is 5.75 Å². The van der Waals surface area contributed by atoms with Gasteiger partial charge in [-0.15, -0.1) is 0 Å². The summed E-state index contributed by atoms with van der Waals surface area (Å²) < 4.78 is 0. The van der Waals surface area contributed by atoms with Crippen molar-refractivity contribution in [2.24, 2.45) is 0 Å². The summed E-state index contributed by atoms with van der Waals surface area (Å²) in [7, 11) is 0. The standard InChI is InChI=1S/C24H18N4O/c1-16-8-10-17(11-9-16)21-22(29)24(26-20-14-12-19(25-2)13-15-20)28-23(27-21)18-6-4-3-5-7-18/h3-15,29H,1H3,(H,26,27,28). The maximum absolute atomic E-state index is 10.9. The molecular weight excluding hydrogens is 360 g/mol. The summed E-state index contributed by atoms with van der Waals surface area (Å²) in [5.74, 6) is 0.798. The van der Waals surface area contributed by atoms with Crippen LogP contribution < -0.4 is 5.32 Å². The summed E-state index contributed by atoms with van der Waals surface area (Å²) in [6.45, 7) is 9.09. The predicted molar refractivity (Wildman–Crippen MR) is 115 cm³/mol. The molecule has 1 heterocycles. The third-order valence-electron chi connectivity index (χ3n) is 4.50. The molecule has 0 aliphatic heterocycles. The lowest BCUT2D eigenvalue weighted by Gasteiger charge is -2.13. The summed E-state index contributed by atoms with van der Waals surface area (Å²) in [4.78, 5) is 12.6. The molecule has 2 N–H and O–H groups in total. The zero-order valence-corrected chi connectivity index (χ0v) is 15.8. The summed E-state index contributed by atoms with van der Waals surface area (Å²) in [6.07, 6.45) is 0. The molecule has 0 fully saturated rings. The van der Waals surface area contributed by atoms with E-state index < -0.39 is 0 Å². The van der Waals surface area contributed by atoms with E-state index in [0.29, 0.717) is 23.0 Å². The zero-order chi connectivity index (χ0) is 20.2. The van der Waals surface area contributed by atoms with Gasteiger partial charge in [-0.1, -0.05) is 72.3 Å². The van der Waals surface area contributed by atoms with E-state index in [1.165, 1.54) is 0 Å². The van der Waals surface area contributed by atoms with Gasteiger partial charge in [-0.25, -0.2) is 14.8 Å². The van der Waals surface area contributed by atoms with Crippen molar-refractivity contribution >= 4 is 17.2 Å². The quantitative estimate of drug-likeness (QED) is 0.420. The fraction of sp³-hybridized carbons (Fsp3) is 0.0417. The Morgan fingerprint density at radius 2 is 1.52 bits per heavy atom. The fourth-order valence-corrected chi connectivity index (χ4v) is 2.93. The second-order valence-corrected chi connectivity index (χ2v) is 6.61. The molecule has 0 radical (unpaired) electrons. The van der Waals surface area contributed by atoms with Crippen LogP contribution in [0.2, 0.25) is 0 Å². The third-order valence-corrected chi connectivity index (χ3v) is 4.50. The Morgan fingerprint density at radius 1 is 0.828 bits per heavy atom. The van der Waals surface area contributed by atoms with Crippen LogP contribution in [-0.2, 0) is 0 Å². The summed E-state index contributed by atoms with van der Waals surface area (Å²) in [5.41, 5.74) is 4.52. The molecule has 4 aromatic rings. The molecule has 5 heteroatoms. The molecule has 0 saturated heterocycles. The van der Waals surface area contributed by atoms with Crippen molar-refractivity contribution in [1.82, 2.24) is 9.97 Å². The van der Waals surface area contributed by atoms with Gasteiger partial charge in [0.1, 0.15) is 5.69 Å². The van der Waals surface area contributed by atoms with E-state index in [4.69, 9.17) is 6.57 Å². The number of rotatable bonds is 4. The topological polar surface area (TPSA) is 62.4 Å². The van der Waals surface area contributed by atoms with Gasteiger partial charge in [-0.05, 0) is 19.1 Å². The van der Waals surface area contributed by atoms with Gasteiger partial charge >= 0.3 is 0 Å². The maximum atomic E-state index is 10.9. The number of aryl methyl sites for hydroxylation is 1. The van der Waals surface area contributed by atoms with Gasteiger partial charge in [-0.3, -0.25) is 0 Å². The molecule has 5 nitrogen and oxygen atoms in total. The highest BCUT2D eigenvalue weighted by atomic mass is 16.3. The lowest BCUT2D eigenvalue weighted by Crippen LogP contribution is -2.00. The molecule has 0 amide bonds. The van der Waals surface area contributed by atoms with Crippen LogP contribution in [0.1, 0.15) is 5.56 Å². The maximum Gasteiger partial charge on any atom is 0.187 e. The minimum atomic E-state index is -0.0252. The van der Waals surface area contributed by atoms with Crippen LogP contribution in [0.25, 0.3) is 27.5 Å². The summed E-state index contributed by atoms with van der Waals surface area (Å²) in [6, 6.07) is 24.5. The van der Waals surface area contributed by atoms with Crippen molar-refractivity contribution in [2.45, 2.75) is 6.92 Å². The second kappa shape index (κ2) is 7.83. The van der Waals surface area contributed by atoms with E-state index in [1.807, 2.05) is 61.5 Å². The summed E-state index contributed by atoms with van der Waals surface area (Å²) >= 11 is 0. The number of aromatic nitrogens is 2. The monoisotopic (exact) mass is 378 g/mol. The molecule has 1 aromatic heterocycles. The van der Waals surface area contributed by atoms with E-state index in [2.05, 4.69) is 20.1 Å². The Labute approximate surface area is 169 Å². The molecular formula is C24H18N4O. The Morgan fingerprint density at radius 3 is 2.17 bits per heavy atom. The number of nitrogens with one attached hydrogen (secondary N) is 1. The smallest absolute Gasteiger partial charge is 0.187 e. The Bertz CT molecular complexity index is 1180. The predicted octanol–water partition coefficient (Wildman–Crippen LogP) is 6.12. The van der Waals surface area contributed by atoms with Crippen molar-refractivity contribution < 1.29 is 5.11 Å². The second-order valence-electron chi connectivity index (χ2n) is 6.61. The van der Waals surface area contributed by atoms with Crippen molar-refractivity contribution in [3.8, 4) is 28.4 Å². The van der Waals surface area contributed by atoms with Crippen LogP contribution in [0.15, 0.2) is 78.9 Å². The largest absolute Gasteiger partial charge is 0.503 e. The molecule has 3 aromatic carbocycles. The molecule has 0 spiro atoms. The van der Waals surface area contributed by atoms with E-state index in [0.717, 1.165) is 22.4 Å². The third kappa shape index (κ3) is 3.92. The van der Waals surface area contributed by atoms with Gasteiger partial charge in [0, 0.05) is 16.8 Å². The zero-order valence-electron chi connectivity index (χ0n) is 15.8.